The zero-order valence-corrected chi connectivity index (χ0v) is 16.9. The van der Waals surface area contributed by atoms with Gasteiger partial charge in [0.15, 0.2) is 5.96 Å². The van der Waals surface area contributed by atoms with Crippen LogP contribution in [0, 0.1) is 6.92 Å². The maximum absolute atomic E-state index is 6.09. The number of guanidine groups is 1. The number of aryl methyl sites for hydroxylation is 1. The molecule has 3 aromatic carbocycles. The molecule has 3 N–H and O–H groups in total. The van der Waals surface area contributed by atoms with E-state index in [9.17, 15) is 0 Å². The van der Waals surface area contributed by atoms with Crippen molar-refractivity contribution < 1.29 is 0 Å². The van der Waals surface area contributed by atoms with Crippen molar-refractivity contribution in [2.24, 2.45) is 10.7 Å². The van der Waals surface area contributed by atoms with Crippen molar-refractivity contribution in [2.75, 3.05) is 5.32 Å². The number of benzene rings is 3. The number of rotatable bonds is 6. The Hall–Kier alpha value is -3.93. The predicted octanol–water partition coefficient (Wildman–Crippen LogP) is 4.23. The van der Waals surface area contributed by atoms with E-state index in [1.54, 1.807) is 12.7 Å². The molecule has 150 valence electrons. The Labute approximate surface area is 176 Å². The third kappa shape index (κ3) is 4.91. The molecule has 4 aromatic rings. The van der Waals surface area contributed by atoms with Gasteiger partial charge in [0.25, 0.3) is 0 Å². The van der Waals surface area contributed by atoms with E-state index in [1.165, 1.54) is 11.1 Å². The molecular weight excluding hydrogens is 372 g/mol. The van der Waals surface area contributed by atoms with Crippen LogP contribution in [0.4, 0.5) is 5.69 Å². The van der Waals surface area contributed by atoms with Crippen molar-refractivity contribution in [3.63, 3.8) is 0 Å². The molecule has 30 heavy (non-hydrogen) atoms. The van der Waals surface area contributed by atoms with Crippen LogP contribution in [-0.4, -0.2) is 20.7 Å². The fraction of sp³-hybridized carbons (Fsp3) is 0.125. The van der Waals surface area contributed by atoms with Gasteiger partial charge in [0.1, 0.15) is 12.7 Å². The second-order valence-corrected chi connectivity index (χ2v) is 7.14. The molecule has 0 bridgehead atoms. The molecule has 0 atom stereocenters. The van der Waals surface area contributed by atoms with Gasteiger partial charge in [-0.25, -0.2) is 14.7 Å². The van der Waals surface area contributed by atoms with E-state index in [0.717, 1.165) is 22.4 Å². The van der Waals surface area contributed by atoms with Gasteiger partial charge in [0, 0.05) is 5.69 Å². The summed E-state index contributed by atoms with van der Waals surface area (Å²) in [6.07, 6.45) is 3.26. The molecule has 0 fully saturated rings. The van der Waals surface area contributed by atoms with Crippen molar-refractivity contribution in [1.82, 2.24) is 14.8 Å². The zero-order valence-electron chi connectivity index (χ0n) is 16.9. The van der Waals surface area contributed by atoms with Gasteiger partial charge in [-0.15, -0.1) is 0 Å². The third-order valence-corrected chi connectivity index (χ3v) is 4.84. The summed E-state index contributed by atoms with van der Waals surface area (Å²) in [5.74, 6) is 0.400. The van der Waals surface area contributed by atoms with Crippen LogP contribution >= 0.6 is 0 Å². The highest BCUT2D eigenvalue weighted by Gasteiger charge is 2.05. The highest BCUT2D eigenvalue weighted by molar-refractivity contribution is 5.92. The molecule has 0 aliphatic rings. The lowest BCUT2D eigenvalue weighted by Crippen LogP contribution is -2.22. The average Bonchev–Trinajstić information content (AvgIpc) is 3.28. The summed E-state index contributed by atoms with van der Waals surface area (Å²) in [7, 11) is 0. The second kappa shape index (κ2) is 9.05. The number of nitrogens with two attached hydrogens (primary N) is 1. The number of hydrogen-bond acceptors (Lipinski definition) is 3. The van der Waals surface area contributed by atoms with Crippen molar-refractivity contribution in [3.05, 3.63) is 102 Å². The molecule has 6 heteroatoms. The monoisotopic (exact) mass is 396 g/mol. The quantitative estimate of drug-likeness (QED) is 0.377. The molecule has 0 aliphatic heterocycles. The normalized spacial score (nSPS) is 11.4. The van der Waals surface area contributed by atoms with Crippen molar-refractivity contribution in [3.8, 4) is 11.1 Å². The van der Waals surface area contributed by atoms with Crippen LogP contribution in [0.1, 0.15) is 16.7 Å². The fourth-order valence-corrected chi connectivity index (χ4v) is 3.23. The van der Waals surface area contributed by atoms with E-state index in [-0.39, 0.29) is 0 Å². The highest BCUT2D eigenvalue weighted by atomic mass is 15.3. The Morgan fingerprint density at radius 2 is 1.77 bits per heavy atom. The summed E-state index contributed by atoms with van der Waals surface area (Å²) < 4.78 is 1.81. The Morgan fingerprint density at radius 1 is 1.00 bits per heavy atom. The molecule has 0 unspecified atom stereocenters. The first kappa shape index (κ1) is 19.4. The summed E-state index contributed by atoms with van der Waals surface area (Å²) in [6, 6.07) is 24.8. The molecule has 1 heterocycles. The van der Waals surface area contributed by atoms with Gasteiger partial charge in [-0.1, -0.05) is 66.2 Å². The lowest BCUT2D eigenvalue weighted by molar-refractivity contribution is 0.685. The molecular formula is C24H24N6. The van der Waals surface area contributed by atoms with Crippen molar-refractivity contribution >= 4 is 11.6 Å². The number of hydrogen-bond donors (Lipinski definition) is 2. The first-order valence-corrected chi connectivity index (χ1v) is 9.80. The van der Waals surface area contributed by atoms with Crippen LogP contribution in [0.25, 0.3) is 11.1 Å². The Morgan fingerprint density at radius 3 is 2.50 bits per heavy atom. The van der Waals surface area contributed by atoms with Crippen LogP contribution in [0.2, 0.25) is 0 Å². The molecule has 6 nitrogen and oxygen atoms in total. The number of aliphatic imine (C=N–C) groups is 1. The average molecular weight is 396 g/mol. The smallest absolute Gasteiger partial charge is 0.193 e. The third-order valence-electron chi connectivity index (χ3n) is 4.84. The summed E-state index contributed by atoms with van der Waals surface area (Å²) >= 11 is 0. The van der Waals surface area contributed by atoms with Gasteiger partial charge in [0.05, 0.1) is 13.1 Å². The largest absolute Gasteiger partial charge is 0.370 e. The van der Waals surface area contributed by atoms with E-state index < -0.39 is 0 Å². The Kier molecular flexibility index (Phi) is 5.85. The van der Waals surface area contributed by atoms with E-state index in [0.29, 0.717) is 19.0 Å². The van der Waals surface area contributed by atoms with Crippen LogP contribution in [-0.2, 0) is 13.1 Å². The Bertz CT molecular complexity index is 1110. The molecule has 4 rings (SSSR count). The van der Waals surface area contributed by atoms with Crippen LogP contribution in [0.15, 0.2) is 90.4 Å². The minimum absolute atomic E-state index is 0.400. The summed E-state index contributed by atoms with van der Waals surface area (Å²) in [4.78, 5) is 8.51. The number of nitrogens with zero attached hydrogens (tertiary/aromatic N) is 4. The zero-order chi connectivity index (χ0) is 20.8. The summed E-state index contributed by atoms with van der Waals surface area (Å²) in [5.41, 5.74) is 12.8. The van der Waals surface area contributed by atoms with Gasteiger partial charge < -0.3 is 11.1 Å². The maximum Gasteiger partial charge on any atom is 0.193 e. The topological polar surface area (TPSA) is 81.1 Å². The Balaban J connectivity index is 1.47. The highest BCUT2D eigenvalue weighted by Crippen LogP contribution is 2.25. The van der Waals surface area contributed by atoms with E-state index in [1.807, 2.05) is 41.1 Å². The molecule has 1 aromatic heterocycles. The van der Waals surface area contributed by atoms with E-state index in [2.05, 4.69) is 63.7 Å². The lowest BCUT2D eigenvalue weighted by atomic mass is 9.98. The molecule has 0 spiro atoms. The van der Waals surface area contributed by atoms with Gasteiger partial charge in [-0.3, -0.25) is 0 Å². The second-order valence-electron chi connectivity index (χ2n) is 7.14. The molecule has 0 amide bonds. The molecule has 0 aliphatic carbocycles. The van der Waals surface area contributed by atoms with Gasteiger partial charge in [-0.05, 0) is 41.3 Å². The number of nitrogens with one attached hydrogen (secondary N) is 1. The van der Waals surface area contributed by atoms with E-state index >= 15 is 0 Å². The van der Waals surface area contributed by atoms with Gasteiger partial charge >= 0.3 is 0 Å². The summed E-state index contributed by atoms with van der Waals surface area (Å²) in [5, 5.41) is 7.30. The van der Waals surface area contributed by atoms with Gasteiger partial charge in [-0.2, -0.15) is 5.10 Å². The van der Waals surface area contributed by atoms with Crippen LogP contribution in [0.3, 0.4) is 0 Å². The first-order valence-electron chi connectivity index (χ1n) is 9.80. The number of aromatic nitrogens is 3. The van der Waals surface area contributed by atoms with Crippen LogP contribution in [0.5, 0.6) is 0 Å². The fourth-order valence-electron chi connectivity index (χ4n) is 3.23. The molecule has 0 radical (unpaired) electrons. The lowest BCUT2D eigenvalue weighted by Gasteiger charge is -2.10. The molecule has 0 saturated carbocycles. The minimum Gasteiger partial charge on any atom is -0.370 e. The van der Waals surface area contributed by atoms with E-state index in [4.69, 9.17) is 5.73 Å². The SMILES string of the molecule is Cc1ccc(NC(N)=NCc2ccccc2-c2ccc(Cn3cncn3)cc2)cc1. The van der Waals surface area contributed by atoms with Crippen LogP contribution < -0.4 is 11.1 Å². The summed E-state index contributed by atoms with van der Waals surface area (Å²) in [6.45, 7) is 3.26. The van der Waals surface area contributed by atoms with Crippen molar-refractivity contribution in [1.29, 1.82) is 0 Å². The van der Waals surface area contributed by atoms with Gasteiger partial charge in [0.2, 0.25) is 0 Å². The molecule has 0 saturated heterocycles. The first-order chi connectivity index (χ1) is 14.7. The minimum atomic E-state index is 0.400. The standard InChI is InChI=1S/C24H24N6/c1-18-6-12-22(13-7-18)29-24(25)27-14-21-4-2-3-5-23(21)20-10-8-19(9-11-20)15-30-17-26-16-28-30/h2-13,16-17H,14-15H2,1H3,(H3,25,27,29). The number of anilines is 1. The van der Waals surface area contributed by atoms with Crippen molar-refractivity contribution in [2.45, 2.75) is 20.0 Å². The maximum atomic E-state index is 6.09. The predicted molar refractivity (Wildman–Crippen MR) is 121 cm³/mol.